The summed E-state index contributed by atoms with van der Waals surface area (Å²) in [6.45, 7) is 10.7. The maximum Gasteiger partial charge on any atom is 0.363 e. The zero-order valence-electron chi connectivity index (χ0n) is 17.3. The van der Waals surface area contributed by atoms with E-state index in [0.29, 0.717) is 36.5 Å². The Hall–Kier alpha value is -2.61. The highest BCUT2D eigenvalue weighted by Crippen LogP contribution is 2.35. The quantitative estimate of drug-likeness (QED) is 0.195. The predicted octanol–water partition coefficient (Wildman–Crippen LogP) is 5.72. The van der Waals surface area contributed by atoms with E-state index >= 15 is 0 Å². The first-order chi connectivity index (χ1) is 14.4. The largest absolute Gasteiger partial charge is 0.490 e. The fraction of sp³-hybridized carbons (Fsp3) is 0.250. The molecule has 0 unspecified atom stereocenters. The van der Waals surface area contributed by atoms with E-state index in [4.69, 9.17) is 14.2 Å². The predicted molar refractivity (Wildman–Crippen MR) is 127 cm³/mol. The minimum Gasteiger partial charge on any atom is -0.490 e. The maximum absolute atomic E-state index is 12.4. The van der Waals surface area contributed by atoms with Gasteiger partial charge in [-0.2, -0.15) is 0 Å². The normalized spacial score (nSPS) is 14.6. The molecule has 0 aliphatic carbocycles. The van der Waals surface area contributed by atoms with Crippen LogP contribution in [-0.2, 0) is 9.53 Å². The molecule has 1 aliphatic heterocycles. The van der Waals surface area contributed by atoms with Gasteiger partial charge in [0.15, 0.2) is 17.2 Å². The monoisotopic (exact) mass is 517 g/mol. The molecule has 0 saturated heterocycles. The number of aliphatic imine (C=N–C) groups is 1. The van der Waals surface area contributed by atoms with E-state index in [9.17, 15) is 4.79 Å². The molecule has 0 fully saturated rings. The molecule has 30 heavy (non-hydrogen) atoms. The second-order valence-electron chi connectivity index (χ2n) is 6.98. The second kappa shape index (κ2) is 9.93. The molecule has 1 aliphatic rings. The van der Waals surface area contributed by atoms with Gasteiger partial charge in [-0.05, 0) is 76.9 Å². The smallest absolute Gasteiger partial charge is 0.363 e. The molecule has 156 valence electrons. The molecule has 2 aromatic carbocycles. The van der Waals surface area contributed by atoms with E-state index in [1.165, 1.54) is 5.56 Å². The lowest BCUT2D eigenvalue weighted by atomic mass is 10.0. The SMILES string of the molecule is C=CCOc1c(I)cc(/C=C2\N=C(c3ccc(C(C)C)cc3)OC2=O)cc1OCC. The Labute approximate surface area is 190 Å². The third-order valence-electron chi connectivity index (χ3n) is 4.43. The molecule has 1 heterocycles. The number of benzene rings is 2. The van der Waals surface area contributed by atoms with Crippen molar-refractivity contribution in [2.24, 2.45) is 4.99 Å². The van der Waals surface area contributed by atoms with Gasteiger partial charge in [-0.3, -0.25) is 0 Å². The summed E-state index contributed by atoms with van der Waals surface area (Å²) in [4.78, 5) is 16.8. The summed E-state index contributed by atoms with van der Waals surface area (Å²) in [6, 6.07) is 11.6. The zero-order chi connectivity index (χ0) is 21.7. The Morgan fingerprint density at radius 3 is 2.57 bits per heavy atom. The number of ether oxygens (including phenoxy) is 3. The van der Waals surface area contributed by atoms with Crippen LogP contribution in [0, 0.1) is 3.57 Å². The van der Waals surface area contributed by atoms with E-state index < -0.39 is 5.97 Å². The molecule has 0 aromatic heterocycles. The van der Waals surface area contributed by atoms with Crippen LogP contribution in [0.5, 0.6) is 11.5 Å². The summed E-state index contributed by atoms with van der Waals surface area (Å²) in [5.41, 5.74) is 3.02. The molecule has 0 saturated carbocycles. The fourth-order valence-corrected chi connectivity index (χ4v) is 3.70. The molecular formula is C24H24INO4. The van der Waals surface area contributed by atoms with Crippen molar-refractivity contribution < 1.29 is 19.0 Å². The average molecular weight is 517 g/mol. The molecule has 6 heteroatoms. The minimum absolute atomic E-state index is 0.246. The number of carbonyl (C=O) groups is 1. The van der Waals surface area contributed by atoms with Gasteiger partial charge >= 0.3 is 5.97 Å². The Morgan fingerprint density at radius 2 is 1.93 bits per heavy atom. The molecule has 5 nitrogen and oxygen atoms in total. The molecule has 0 atom stereocenters. The van der Waals surface area contributed by atoms with Gasteiger partial charge in [-0.25, -0.2) is 9.79 Å². The molecule has 0 spiro atoms. The van der Waals surface area contributed by atoms with Crippen molar-refractivity contribution in [3.05, 3.63) is 75.0 Å². The number of rotatable bonds is 8. The number of carbonyl (C=O) groups excluding carboxylic acids is 1. The van der Waals surface area contributed by atoms with Crippen LogP contribution < -0.4 is 9.47 Å². The van der Waals surface area contributed by atoms with Gasteiger partial charge < -0.3 is 14.2 Å². The van der Waals surface area contributed by atoms with Crippen LogP contribution in [0.1, 0.15) is 43.4 Å². The molecule has 0 N–H and O–H groups in total. The molecule has 0 bridgehead atoms. The summed E-state index contributed by atoms with van der Waals surface area (Å²) in [6.07, 6.45) is 3.37. The van der Waals surface area contributed by atoms with E-state index in [1.807, 2.05) is 43.3 Å². The van der Waals surface area contributed by atoms with E-state index in [-0.39, 0.29) is 5.70 Å². The minimum atomic E-state index is -0.474. The molecular weight excluding hydrogens is 493 g/mol. The number of hydrogen-bond acceptors (Lipinski definition) is 5. The number of nitrogens with zero attached hydrogens (tertiary/aromatic N) is 1. The number of halogens is 1. The van der Waals surface area contributed by atoms with Crippen LogP contribution in [0.15, 0.2) is 59.7 Å². The van der Waals surface area contributed by atoms with Crippen LogP contribution in [-0.4, -0.2) is 25.1 Å². The third kappa shape index (κ3) is 5.11. The highest BCUT2D eigenvalue weighted by atomic mass is 127. The van der Waals surface area contributed by atoms with Crippen molar-refractivity contribution >= 4 is 40.5 Å². The summed E-state index contributed by atoms with van der Waals surface area (Å²) < 4.78 is 17.7. The molecule has 2 aromatic rings. The van der Waals surface area contributed by atoms with Gasteiger partial charge in [0, 0.05) is 5.56 Å². The highest BCUT2D eigenvalue weighted by molar-refractivity contribution is 14.1. The van der Waals surface area contributed by atoms with Crippen molar-refractivity contribution in [3.63, 3.8) is 0 Å². The third-order valence-corrected chi connectivity index (χ3v) is 5.23. The molecule has 0 radical (unpaired) electrons. The first kappa shape index (κ1) is 22.1. The van der Waals surface area contributed by atoms with E-state index in [2.05, 4.69) is 48.0 Å². The van der Waals surface area contributed by atoms with Gasteiger partial charge in [-0.1, -0.05) is 38.6 Å². The molecule has 0 amide bonds. The Balaban J connectivity index is 1.91. The van der Waals surface area contributed by atoms with Gasteiger partial charge in [0.2, 0.25) is 5.90 Å². The standard InChI is InChI=1S/C24H24INO4/c1-5-11-29-22-19(25)12-16(14-21(22)28-6-2)13-20-24(27)30-23(26-20)18-9-7-17(8-10-18)15(3)4/h5,7-10,12-15H,1,6,11H2,2-4H3/b20-13-. The first-order valence-electron chi connectivity index (χ1n) is 9.75. The molecule has 3 rings (SSSR count). The Morgan fingerprint density at radius 1 is 1.20 bits per heavy atom. The Bertz CT molecular complexity index is 1010. The van der Waals surface area contributed by atoms with Crippen LogP contribution in [0.3, 0.4) is 0 Å². The van der Waals surface area contributed by atoms with E-state index in [0.717, 1.165) is 14.7 Å². The second-order valence-corrected chi connectivity index (χ2v) is 8.14. The van der Waals surface area contributed by atoms with Crippen molar-refractivity contribution in [1.82, 2.24) is 0 Å². The van der Waals surface area contributed by atoms with Gasteiger partial charge in [-0.15, -0.1) is 0 Å². The first-order valence-corrected chi connectivity index (χ1v) is 10.8. The number of cyclic esters (lactones) is 1. The number of esters is 1. The van der Waals surface area contributed by atoms with Crippen molar-refractivity contribution in [2.75, 3.05) is 13.2 Å². The zero-order valence-corrected chi connectivity index (χ0v) is 19.4. The summed E-state index contributed by atoms with van der Waals surface area (Å²) in [7, 11) is 0. The summed E-state index contributed by atoms with van der Waals surface area (Å²) in [5, 5.41) is 0. The van der Waals surface area contributed by atoms with Gasteiger partial charge in [0.1, 0.15) is 6.61 Å². The summed E-state index contributed by atoms with van der Waals surface area (Å²) >= 11 is 2.18. The van der Waals surface area contributed by atoms with Crippen LogP contribution >= 0.6 is 22.6 Å². The van der Waals surface area contributed by atoms with Crippen molar-refractivity contribution in [2.45, 2.75) is 26.7 Å². The number of hydrogen-bond donors (Lipinski definition) is 0. The van der Waals surface area contributed by atoms with Crippen LogP contribution in [0.4, 0.5) is 0 Å². The lowest BCUT2D eigenvalue weighted by molar-refractivity contribution is -0.129. The van der Waals surface area contributed by atoms with Crippen LogP contribution in [0.2, 0.25) is 0 Å². The maximum atomic E-state index is 12.4. The van der Waals surface area contributed by atoms with Gasteiger partial charge in [0.25, 0.3) is 0 Å². The Kier molecular flexibility index (Phi) is 7.31. The van der Waals surface area contributed by atoms with Crippen LogP contribution in [0.25, 0.3) is 6.08 Å². The van der Waals surface area contributed by atoms with Gasteiger partial charge in [0.05, 0.1) is 10.2 Å². The van der Waals surface area contributed by atoms with E-state index in [1.54, 1.807) is 12.2 Å². The van der Waals surface area contributed by atoms with Crippen molar-refractivity contribution in [3.8, 4) is 11.5 Å². The highest BCUT2D eigenvalue weighted by Gasteiger charge is 2.24. The topological polar surface area (TPSA) is 57.1 Å². The summed E-state index contributed by atoms with van der Waals surface area (Å²) in [5.74, 6) is 1.54. The fourth-order valence-electron chi connectivity index (χ4n) is 2.92. The lowest BCUT2D eigenvalue weighted by Gasteiger charge is -2.13. The average Bonchev–Trinajstić information content (AvgIpc) is 3.08. The lowest BCUT2D eigenvalue weighted by Crippen LogP contribution is -2.05. The van der Waals surface area contributed by atoms with Crippen molar-refractivity contribution in [1.29, 1.82) is 0 Å².